The van der Waals surface area contributed by atoms with Crippen LogP contribution >= 0.6 is 11.6 Å². The largest absolute Gasteiger partial charge is 0.481 e. The molecule has 0 spiro atoms. The van der Waals surface area contributed by atoms with Crippen LogP contribution in [0.25, 0.3) is 0 Å². The molecule has 23 heavy (non-hydrogen) atoms. The van der Waals surface area contributed by atoms with E-state index in [1.54, 1.807) is 6.92 Å². The molecule has 2 rings (SSSR count). The van der Waals surface area contributed by atoms with Gasteiger partial charge >= 0.3 is 0 Å². The number of hydrogen-bond donors (Lipinski definition) is 1. The van der Waals surface area contributed by atoms with Gasteiger partial charge in [-0.3, -0.25) is 4.79 Å². The normalized spacial score (nSPS) is 11.8. The molecule has 0 fully saturated rings. The Morgan fingerprint density at radius 2 is 1.87 bits per heavy atom. The van der Waals surface area contributed by atoms with Crippen LogP contribution in [0.1, 0.15) is 23.6 Å². The molecular weight excluding hydrogens is 310 g/mol. The molecular formula is C19H22ClNO2. The van der Waals surface area contributed by atoms with E-state index in [2.05, 4.69) is 5.32 Å². The lowest BCUT2D eigenvalue weighted by molar-refractivity contribution is -0.127. The summed E-state index contributed by atoms with van der Waals surface area (Å²) in [6.07, 6.45) is 0.236. The zero-order valence-electron chi connectivity index (χ0n) is 13.7. The topological polar surface area (TPSA) is 38.3 Å². The van der Waals surface area contributed by atoms with Gasteiger partial charge in [0.2, 0.25) is 0 Å². The average Bonchev–Trinajstić information content (AvgIpc) is 2.52. The van der Waals surface area contributed by atoms with Crippen molar-refractivity contribution in [3.63, 3.8) is 0 Å². The number of hydrogen-bond acceptors (Lipinski definition) is 2. The van der Waals surface area contributed by atoms with E-state index < -0.39 is 6.10 Å². The summed E-state index contributed by atoms with van der Waals surface area (Å²) < 4.78 is 5.78. The van der Waals surface area contributed by atoms with Gasteiger partial charge in [0.05, 0.1) is 0 Å². The van der Waals surface area contributed by atoms with E-state index in [4.69, 9.17) is 16.3 Å². The van der Waals surface area contributed by atoms with Gasteiger partial charge in [-0.05, 0) is 62.1 Å². The summed E-state index contributed by atoms with van der Waals surface area (Å²) in [5, 5.41) is 3.62. The monoisotopic (exact) mass is 331 g/mol. The lowest BCUT2D eigenvalue weighted by Crippen LogP contribution is -2.37. The Bertz CT molecular complexity index is 668. The molecule has 1 N–H and O–H groups in total. The summed E-state index contributed by atoms with van der Waals surface area (Å²) in [5.41, 5.74) is 3.27. The van der Waals surface area contributed by atoms with Crippen LogP contribution in [0, 0.1) is 13.8 Å². The first-order valence-electron chi connectivity index (χ1n) is 7.72. The Morgan fingerprint density at radius 1 is 1.17 bits per heavy atom. The number of carbonyl (C=O) groups is 1. The maximum atomic E-state index is 12.1. The number of benzene rings is 2. The van der Waals surface area contributed by atoms with Crippen molar-refractivity contribution in [2.45, 2.75) is 33.3 Å². The smallest absolute Gasteiger partial charge is 0.260 e. The lowest BCUT2D eigenvalue weighted by atomic mass is 10.1. The highest BCUT2D eigenvalue weighted by atomic mass is 35.5. The molecule has 0 heterocycles. The van der Waals surface area contributed by atoms with E-state index in [0.717, 1.165) is 28.9 Å². The third-order valence-corrected chi connectivity index (χ3v) is 3.89. The van der Waals surface area contributed by atoms with Crippen molar-refractivity contribution in [3.8, 4) is 5.75 Å². The fourth-order valence-electron chi connectivity index (χ4n) is 2.20. The summed E-state index contributed by atoms with van der Waals surface area (Å²) in [6, 6.07) is 13.6. The molecule has 122 valence electrons. The fraction of sp³-hybridized carbons (Fsp3) is 0.316. The van der Waals surface area contributed by atoms with Crippen LogP contribution in [0.5, 0.6) is 5.75 Å². The predicted molar refractivity (Wildman–Crippen MR) is 94.2 cm³/mol. The van der Waals surface area contributed by atoms with Crippen molar-refractivity contribution in [3.05, 3.63) is 64.2 Å². The molecule has 0 saturated heterocycles. The highest BCUT2D eigenvalue weighted by Crippen LogP contribution is 2.20. The standard InChI is InChI=1S/C19H22ClNO2/c1-13-4-5-14(2)18(12-13)23-15(3)19(22)21-11-10-16-6-8-17(20)9-7-16/h4-9,12,15H,10-11H2,1-3H3,(H,21,22). The second-order valence-corrected chi connectivity index (χ2v) is 6.13. The van der Waals surface area contributed by atoms with Gasteiger partial charge in [0.1, 0.15) is 5.75 Å². The van der Waals surface area contributed by atoms with E-state index >= 15 is 0 Å². The number of amides is 1. The van der Waals surface area contributed by atoms with E-state index in [-0.39, 0.29) is 5.91 Å². The third-order valence-electron chi connectivity index (χ3n) is 3.64. The molecule has 1 unspecified atom stereocenters. The highest BCUT2D eigenvalue weighted by Gasteiger charge is 2.15. The van der Waals surface area contributed by atoms with Gasteiger partial charge in [-0.2, -0.15) is 0 Å². The van der Waals surface area contributed by atoms with Gasteiger partial charge in [0, 0.05) is 11.6 Å². The molecule has 0 radical (unpaired) electrons. The maximum absolute atomic E-state index is 12.1. The van der Waals surface area contributed by atoms with E-state index in [0.29, 0.717) is 11.6 Å². The molecule has 1 amide bonds. The van der Waals surface area contributed by atoms with Crippen molar-refractivity contribution in [2.75, 3.05) is 6.54 Å². The molecule has 0 bridgehead atoms. The Hall–Kier alpha value is -2.00. The summed E-state index contributed by atoms with van der Waals surface area (Å²) in [7, 11) is 0. The van der Waals surface area contributed by atoms with Crippen LogP contribution < -0.4 is 10.1 Å². The first-order valence-corrected chi connectivity index (χ1v) is 8.09. The summed E-state index contributed by atoms with van der Waals surface area (Å²) in [5.74, 6) is 0.644. The van der Waals surface area contributed by atoms with Crippen LogP contribution in [0.15, 0.2) is 42.5 Å². The molecule has 2 aromatic carbocycles. The minimum absolute atomic E-state index is 0.111. The summed E-state index contributed by atoms with van der Waals surface area (Å²) in [6.45, 7) is 6.31. The van der Waals surface area contributed by atoms with Crippen LogP contribution in [0.2, 0.25) is 5.02 Å². The van der Waals surface area contributed by atoms with Crippen molar-refractivity contribution in [1.29, 1.82) is 0 Å². The molecule has 2 aromatic rings. The molecule has 1 atom stereocenters. The van der Waals surface area contributed by atoms with Crippen molar-refractivity contribution < 1.29 is 9.53 Å². The van der Waals surface area contributed by atoms with E-state index in [1.165, 1.54) is 0 Å². The number of carbonyl (C=O) groups excluding carboxylic acids is 1. The van der Waals surface area contributed by atoms with Gasteiger partial charge in [-0.1, -0.05) is 35.9 Å². The van der Waals surface area contributed by atoms with Gasteiger partial charge in [-0.25, -0.2) is 0 Å². The summed E-state index contributed by atoms with van der Waals surface area (Å²) >= 11 is 5.85. The highest BCUT2D eigenvalue weighted by molar-refractivity contribution is 6.30. The SMILES string of the molecule is Cc1ccc(C)c(OC(C)C(=O)NCCc2ccc(Cl)cc2)c1. The minimum atomic E-state index is -0.527. The van der Waals surface area contributed by atoms with Gasteiger partial charge < -0.3 is 10.1 Å². The number of aryl methyl sites for hydroxylation is 2. The quantitative estimate of drug-likeness (QED) is 0.866. The second kappa shape index (κ2) is 8.02. The zero-order valence-corrected chi connectivity index (χ0v) is 14.5. The van der Waals surface area contributed by atoms with Crippen LogP contribution in [-0.4, -0.2) is 18.6 Å². The second-order valence-electron chi connectivity index (χ2n) is 5.70. The van der Waals surface area contributed by atoms with Crippen LogP contribution in [0.3, 0.4) is 0 Å². The fourth-order valence-corrected chi connectivity index (χ4v) is 2.33. The Labute approximate surface area is 142 Å². The van der Waals surface area contributed by atoms with Gasteiger partial charge in [0.15, 0.2) is 6.10 Å². The number of halogens is 1. The molecule has 0 saturated carbocycles. The number of rotatable bonds is 6. The predicted octanol–water partition coefficient (Wildman–Crippen LogP) is 4.08. The minimum Gasteiger partial charge on any atom is -0.481 e. The number of nitrogens with one attached hydrogen (secondary N) is 1. The molecule has 0 aliphatic heterocycles. The molecule has 0 aliphatic rings. The van der Waals surface area contributed by atoms with Crippen molar-refractivity contribution >= 4 is 17.5 Å². The van der Waals surface area contributed by atoms with Crippen molar-refractivity contribution in [1.82, 2.24) is 5.32 Å². The molecule has 0 aromatic heterocycles. The Morgan fingerprint density at radius 3 is 2.57 bits per heavy atom. The van der Waals surface area contributed by atoms with E-state index in [9.17, 15) is 4.79 Å². The first-order chi connectivity index (χ1) is 11.0. The van der Waals surface area contributed by atoms with Crippen molar-refractivity contribution in [2.24, 2.45) is 0 Å². The molecule has 3 nitrogen and oxygen atoms in total. The lowest BCUT2D eigenvalue weighted by Gasteiger charge is -2.16. The van der Waals surface area contributed by atoms with Crippen LogP contribution in [-0.2, 0) is 11.2 Å². The average molecular weight is 332 g/mol. The van der Waals surface area contributed by atoms with Gasteiger partial charge in [0.25, 0.3) is 5.91 Å². The Balaban J connectivity index is 1.83. The zero-order chi connectivity index (χ0) is 16.8. The van der Waals surface area contributed by atoms with Gasteiger partial charge in [-0.15, -0.1) is 0 Å². The summed E-state index contributed by atoms with van der Waals surface area (Å²) in [4.78, 5) is 12.1. The number of ether oxygens (including phenoxy) is 1. The third kappa shape index (κ3) is 5.29. The van der Waals surface area contributed by atoms with E-state index in [1.807, 2.05) is 56.3 Å². The molecule has 0 aliphatic carbocycles. The molecule has 4 heteroatoms. The Kier molecular flexibility index (Phi) is 6.05. The first kappa shape index (κ1) is 17.4. The maximum Gasteiger partial charge on any atom is 0.260 e. The van der Waals surface area contributed by atoms with Crippen LogP contribution in [0.4, 0.5) is 0 Å².